The van der Waals surface area contributed by atoms with Gasteiger partial charge in [-0.25, -0.2) is 3.96 Å². The van der Waals surface area contributed by atoms with Gasteiger partial charge in [0.2, 0.25) is 0 Å². The molecule has 0 atom stereocenters. The molecule has 0 radical (unpaired) electrons. The van der Waals surface area contributed by atoms with E-state index in [0.29, 0.717) is 0 Å². The summed E-state index contributed by atoms with van der Waals surface area (Å²) in [5, 5.41) is 0. The Morgan fingerprint density at radius 3 is 2.67 bits per heavy atom. The maximum Gasteiger partial charge on any atom is 0.280 e. The van der Waals surface area contributed by atoms with Crippen molar-refractivity contribution in [1.29, 1.82) is 0 Å². The monoisotopic (exact) mass is 144 g/mol. The minimum absolute atomic E-state index is 0.00463. The Hall–Kier alpha value is -0.640. The van der Waals surface area contributed by atoms with Gasteiger partial charge in [0.1, 0.15) is 6.20 Å². The number of hydrogen-bond acceptors (Lipinski definition) is 3. The second-order valence-corrected chi connectivity index (χ2v) is 2.84. The van der Waals surface area contributed by atoms with Crippen LogP contribution in [-0.2, 0) is 0 Å². The third-order valence-corrected chi connectivity index (χ3v) is 1.96. The molecule has 1 heterocycles. The van der Waals surface area contributed by atoms with Crippen LogP contribution in [0.3, 0.4) is 0 Å². The van der Waals surface area contributed by atoms with Crippen molar-refractivity contribution < 1.29 is 0 Å². The van der Waals surface area contributed by atoms with Gasteiger partial charge in [-0.2, -0.15) is 4.37 Å². The van der Waals surface area contributed by atoms with Crippen LogP contribution >= 0.6 is 11.7 Å². The second-order valence-electron chi connectivity index (χ2n) is 2.07. The van der Waals surface area contributed by atoms with Gasteiger partial charge in [0.15, 0.2) is 0 Å². The molecule has 9 heavy (non-hydrogen) atoms. The van der Waals surface area contributed by atoms with E-state index in [2.05, 4.69) is 4.37 Å². The summed E-state index contributed by atoms with van der Waals surface area (Å²) in [7, 11) is 0. The first-order chi connectivity index (χ1) is 4.22. The maximum atomic E-state index is 10.8. The van der Waals surface area contributed by atoms with Crippen LogP contribution in [0.4, 0.5) is 0 Å². The van der Waals surface area contributed by atoms with Gasteiger partial charge in [0.25, 0.3) is 5.56 Å². The lowest BCUT2D eigenvalue weighted by Gasteiger charge is -1.99. The first-order valence-electron chi connectivity index (χ1n) is 2.75. The molecule has 0 aromatic carbocycles. The highest BCUT2D eigenvalue weighted by Gasteiger charge is 1.99. The van der Waals surface area contributed by atoms with Crippen LogP contribution in [0.25, 0.3) is 0 Å². The zero-order valence-electron chi connectivity index (χ0n) is 5.37. The maximum absolute atomic E-state index is 10.8. The largest absolute Gasteiger partial charge is 0.280 e. The van der Waals surface area contributed by atoms with Crippen molar-refractivity contribution in [3.63, 3.8) is 0 Å². The zero-order valence-corrected chi connectivity index (χ0v) is 6.18. The van der Waals surface area contributed by atoms with Gasteiger partial charge in [-0.15, -0.1) is 0 Å². The van der Waals surface area contributed by atoms with E-state index in [4.69, 9.17) is 0 Å². The molecule has 0 fully saturated rings. The minimum Gasteiger partial charge on any atom is -0.267 e. The smallest absolute Gasteiger partial charge is 0.267 e. The van der Waals surface area contributed by atoms with Gasteiger partial charge in [-0.1, -0.05) is 0 Å². The number of aromatic nitrogens is 2. The predicted octanol–water partition coefficient (Wildman–Crippen LogP) is 0.886. The van der Waals surface area contributed by atoms with E-state index in [1.165, 1.54) is 17.9 Å². The van der Waals surface area contributed by atoms with Crippen molar-refractivity contribution in [2.75, 3.05) is 0 Å². The highest BCUT2D eigenvalue weighted by atomic mass is 32.1. The molecule has 1 aromatic rings. The predicted molar refractivity (Wildman–Crippen MR) is 36.8 cm³/mol. The van der Waals surface area contributed by atoms with Gasteiger partial charge in [-0.3, -0.25) is 4.79 Å². The molecule has 0 aliphatic carbocycles. The van der Waals surface area contributed by atoms with Gasteiger partial charge in [0.05, 0.1) is 0 Å². The normalized spacial score (nSPS) is 10.6. The Kier molecular flexibility index (Phi) is 1.66. The topological polar surface area (TPSA) is 34.9 Å². The molecule has 0 N–H and O–H groups in total. The summed E-state index contributed by atoms with van der Waals surface area (Å²) < 4.78 is 5.36. The minimum atomic E-state index is -0.00463. The SMILES string of the molecule is CC(C)n1sncc1=O. The average molecular weight is 144 g/mol. The molecule has 0 spiro atoms. The molecular formula is C5H8N2OS. The second kappa shape index (κ2) is 2.31. The first kappa shape index (κ1) is 6.48. The molecule has 3 nitrogen and oxygen atoms in total. The van der Waals surface area contributed by atoms with Crippen LogP contribution in [0.15, 0.2) is 11.0 Å². The Bertz CT molecular complexity index is 237. The third-order valence-electron chi connectivity index (χ3n) is 0.984. The van der Waals surface area contributed by atoms with Crippen molar-refractivity contribution in [3.8, 4) is 0 Å². The van der Waals surface area contributed by atoms with Crippen molar-refractivity contribution in [3.05, 3.63) is 16.6 Å². The molecule has 0 saturated heterocycles. The Labute approximate surface area is 57.3 Å². The van der Waals surface area contributed by atoms with Gasteiger partial charge >= 0.3 is 0 Å². The average Bonchev–Trinajstić information content (AvgIpc) is 2.13. The number of rotatable bonds is 1. The van der Waals surface area contributed by atoms with Crippen molar-refractivity contribution in [2.24, 2.45) is 0 Å². The highest BCUT2D eigenvalue weighted by Crippen LogP contribution is 2.00. The third kappa shape index (κ3) is 1.18. The van der Waals surface area contributed by atoms with Gasteiger partial charge < -0.3 is 0 Å². The quantitative estimate of drug-likeness (QED) is 0.586. The van der Waals surface area contributed by atoms with Crippen LogP contribution < -0.4 is 5.56 Å². The van der Waals surface area contributed by atoms with Crippen LogP contribution in [-0.4, -0.2) is 8.33 Å². The molecule has 0 bridgehead atoms. The summed E-state index contributed by atoms with van der Waals surface area (Å²) >= 11 is 1.21. The molecule has 4 heteroatoms. The standard InChI is InChI=1S/C5H8N2OS/c1-4(2)7-5(8)3-6-9-7/h3-4H,1-2H3. The molecule has 1 aromatic heterocycles. The van der Waals surface area contributed by atoms with E-state index in [1.807, 2.05) is 13.8 Å². The first-order valence-corrected chi connectivity index (χ1v) is 3.48. The van der Waals surface area contributed by atoms with Crippen molar-refractivity contribution in [2.45, 2.75) is 19.9 Å². The van der Waals surface area contributed by atoms with E-state index >= 15 is 0 Å². The molecule has 0 aliphatic heterocycles. The molecule has 0 aliphatic rings. The van der Waals surface area contributed by atoms with Crippen LogP contribution in [0.5, 0.6) is 0 Å². The molecule has 0 saturated carbocycles. The lowest BCUT2D eigenvalue weighted by atomic mass is 10.4. The fraction of sp³-hybridized carbons (Fsp3) is 0.600. The van der Waals surface area contributed by atoms with E-state index in [0.717, 1.165) is 0 Å². The summed E-state index contributed by atoms with van der Waals surface area (Å²) in [4.78, 5) is 10.8. The number of hydrogen-bond donors (Lipinski definition) is 0. The fourth-order valence-electron chi connectivity index (χ4n) is 0.565. The summed E-state index contributed by atoms with van der Waals surface area (Å²) in [5.74, 6) is 0. The number of nitrogens with zero attached hydrogens (tertiary/aromatic N) is 2. The van der Waals surface area contributed by atoms with E-state index in [-0.39, 0.29) is 11.6 Å². The highest BCUT2D eigenvalue weighted by molar-refractivity contribution is 6.99. The summed E-state index contributed by atoms with van der Waals surface area (Å²) in [6.07, 6.45) is 1.34. The molecular weight excluding hydrogens is 136 g/mol. The van der Waals surface area contributed by atoms with Crippen LogP contribution in [0, 0.1) is 0 Å². The Morgan fingerprint density at radius 1 is 1.78 bits per heavy atom. The molecule has 50 valence electrons. The Balaban J connectivity index is 3.08. The van der Waals surface area contributed by atoms with Crippen LogP contribution in [0.1, 0.15) is 19.9 Å². The lowest BCUT2D eigenvalue weighted by Crippen LogP contribution is -2.13. The summed E-state index contributed by atoms with van der Waals surface area (Å²) in [5.41, 5.74) is -0.00463. The van der Waals surface area contributed by atoms with Gasteiger partial charge in [0, 0.05) is 17.8 Å². The summed E-state index contributed by atoms with van der Waals surface area (Å²) in [6.45, 7) is 3.92. The molecule has 0 unspecified atom stereocenters. The molecule has 1 rings (SSSR count). The van der Waals surface area contributed by atoms with Crippen LogP contribution in [0.2, 0.25) is 0 Å². The lowest BCUT2D eigenvalue weighted by molar-refractivity contribution is 0.633. The van der Waals surface area contributed by atoms with Crippen molar-refractivity contribution >= 4 is 11.7 Å². The zero-order chi connectivity index (χ0) is 6.85. The molecule has 0 amide bonds. The van der Waals surface area contributed by atoms with Gasteiger partial charge in [-0.05, 0) is 13.8 Å². The van der Waals surface area contributed by atoms with Crippen molar-refractivity contribution in [1.82, 2.24) is 8.33 Å². The fourth-order valence-corrected chi connectivity index (χ4v) is 1.12. The summed E-state index contributed by atoms with van der Waals surface area (Å²) in [6, 6.07) is 0.241. The van der Waals surface area contributed by atoms with E-state index < -0.39 is 0 Å². The van der Waals surface area contributed by atoms with E-state index in [1.54, 1.807) is 3.96 Å². The Morgan fingerprint density at radius 2 is 2.44 bits per heavy atom. The van der Waals surface area contributed by atoms with E-state index in [9.17, 15) is 4.79 Å².